The number of piperidine rings is 1. The van der Waals surface area contributed by atoms with Gasteiger partial charge in [0.15, 0.2) is 0 Å². The summed E-state index contributed by atoms with van der Waals surface area (Å²) in [6, 6.07) is 5.50. The van der Waals surface area contributed by atoms with Gasteiger partial charge in [-0.15, -0.1) is 0 Å². The summed E-state index contributed by atoms with van der Waals surface area (Å²) in [7, 11) is 1.61. The van der Waals surface area contributed by atoms with E-state index >= 15 is 0 Å². The quantitative estimate of drug-likeness (QED) is 0.850. The summed E-state index contributed by atoms with van der Waals surface area (Å²) in [4.78, 5) is 13.5. The lowest BCUT2D eigenvalue weighted by Gasteiger charge is -2.45. The molecule has 1 saturated heterocycles. The highest BCUT2D eigenvalue weighted by molar-refractivity contribution is 5.87. The summed E-state index contributed by atoms with van der Waals surface area (Å²) in [5, 5.41) is 10.4. The van der Waals surface area contributed by atoms with E-state index < -0.39 is 11.7 Å². The largest absolute Gasteiger partial charge is 0.497 e. The minimum absolute atomic E-state index is 0.0479. The zero-order valence-electron chi connectivity index (χ0n) is 12.7. The molecule has 0 radical (unpaired) electrons. The summed E-state index contributed by atoms with van der Waals surface area (Å²) in [6.07, 6.45) is 2.77. The highest BCUT2D eigenvalue weighted by Gasteiger charge is 2.43. The van der Waals surface area contributed by atoms with Crippen LogP contribution in [0.3, 0.4) is 0 Å². The normalized spacial score (nSPS) is 22.6. The van der Waals surface area contributed by atoms with E-state index in [1.807, 2.05) is 18.2 Å². The second kappa shape index (κ2) is 5.65. The molecule has 5 heteroatoms. The Morgan fingerprint density at radius 1 is 1.50 bits per heavy atom. The zero-order valence-corrected chi connectivity index (χ0v) is 12.7. The van der Waals surface area contributed by atoms with Crippen molar-refractivity contribution in [1.29, 1.82) is 0 Å². The summed E-state index contributed by atoms with van der Waals surface area (Å²) < 4.78 is 11.5. The summed E-state index contributed by atoms with van der Waals surface area (Å²) >= 11 is 0. The number of fused-ring (bicyclic) bond motifs is 1. The van der Waals surface area contributed by atoms with E-state index in [4.69, 9.17) is 9.47 Å². The number of benzene rings is 1. The lowest BCUT2D eigenvalue weighted by molar-refractivity contribution is -0.130. The van der Waals surface area contributed by atoms with Crippen molar-refractivity contribution in [3.05, 3.63) is 36.4 Å². The Labute approximate surface area is 130 Å². The number of methoxy groups -OCH3 is 1. The maximum atomic E-state index is 11.7. The molecule has 3 rings (SSSR count). The minimum atomic E-state index is -0.545. The maximum absolute atomic E-state index is 11.7. The summed E-state index contributed by atoms with van der Waals surface area (Å²) in [5.74, 6) is 1.34. The first-order valence-corrected chi connectivity index (χ1v) is 7.53. The Kier molecular flexibility index (Phi) is 3.83. The van der Waals surface area contributed by atoms with Crippen LogP contribution in [0.5, 0.6) is 11.5 Å². The molecule has 0 saturated carbocycles. The number of likely N-dealkylation sites (tertiary alicyclic amines) is 1. The third kappa shape index (κ3) is 2.57. The first kappa shape index (κ1) is 14.9. The first-order valence-electron chi connectivity index (χ1n) is 7.53. The Morgan fingerprint density at radius 2 is 2.23 bits per heavy atom. The van der Waals surface area contributed by atoms with E-state index in [0.29, 0.717) is 43.9 Å². The van der Waals surface area contributed by atoms with Crippen LogP contribution in [0.25, 0.3) is 0 Å². The van der Waals surface area contributed by atoms with E-state index in [0.717, 1.165) is 5.56 Å². The van der Waals surface area contributed by atoms with Gasteiger partial charge in [0, 0.05) is 44.0 Å². The van der Waals surface area contributed by atoms with Crippen molar-refractivity contribution in [3.63, 3.8) is 0 Å². The van der Waals surface area contributed by atoms with E-state index in [9.17, 15) is 9.90 Å². The van der Waals surface area contributed by atoms with Crippen LogP contribution >= 0.6 is 0 Å². The van der Waals surface area contributed by atoms with Crippen molar-refractivity contribution in [2.45, 2.75) is 31.0 Å². The van der Waals surface area contributed by atoms with Gasteiger partial charge in [0.05, 0.1) is 13.2 Å². The van der Waals surface area contributed by atoms with Gasteiger partial charge in [-0.1, -0.05) is 6.58 Å². The Morgan fingerprint density at radius 3 is 2.86 bits per heavy atom. The van der Waals surface area contributed by atoms with Crippen molar-refractivity contribution >= 4 is 5.91 Å². The topological polar surface area (TPSA) is 59.0 Å². The van der Waals surface area contributed by atoms with Crippen LogP contribution in [-0.2, 0) is 4.79 Å². The minimum Gasteiger partial charge on any atom is -0.497 e. The number of aliphatic hydroxyl groups excluding tert-OH is 1. The highest BCUT2D eigenvalue weighted by Crippen LogP contribution is 2.45. The molecule has 1 fully saturated rings. The molecule has 0 bridgehead atoms. The molecule has 1 aromatic rings. The number of ether oxygens (including phenoxy) is 2. The van der Waals surface area contributed by atoms with Gasteiger partial charge in [-0.05, 0) is 18.2 Å². The van der Waals surface area contributed by atoms with Crippen molar-refractivity contribution in [3.8, 4) is 11.5 Å². The van der Waals surface area contributed by atoms with Gasteiger partial charge in [0.25, 0.3) is 0 Å². The molecule has 2 aliphatic heterocycles. The molecule has 0 aromatic heterocycles. The lowest BCUT2D eigenvalue weighted by atomic mass is 9.81. The molecule has 1 amide bonds. The van der Waals surface area contributed by atoms with Crippen LogP contribution < -0.4 is 9.47 Å². The van der Waals surface area contributed by atoms with Crippen LogP contribution in [0.15, 0.2) is 30.9 Å². The van der Waals surface area contributed by atoms with Crippen LogP contribution in [0.1, 0.15) is 30.9 Å². The molecule has 2 heterocycles. The zero-order chi connectivity index (χ0) is 15.7. The molecular formula is C17H21NO4. The average molecular weight is 303 g/mol. The van der Waals surface area contributed by atoms with Gasteiger partial charge in [0.1, 0.15) is 17.1 Å². The third-order valence-electron chi connectivity index (χ3n) is 4.63. The molecule has 1 spiro atoms. The number of hydrogen-bond acceptors (Lipinski definition) is 4. The lowest BCUT2D eigenvalue weighted by Crippen LogP contribution is -2.51. The number of amides is 1. The number of carbonyl (C=O) groups is 1. The number of rotatable bonds is 2. The van der Waals surface area contributed by atoms with Crippen LogP contribution in [0.2, 0.25) is 0 Å². The SMILES string of the molecule is C=CC(=O)N1CCC2(CC1)CC(O)c1ccc(OC)cc1O2. The van der Waals surface area contributed by atoms with Crippen LogP contribution in [0, 0.1) is 0 Å². The third-order valence-corrected chi connectivity index (χ3v) is 4.63. The molecule has 22 heavy (non-hydrogen) atoms. The van der Waals surface area contributed by atoms with Gasteiger partial charge in [-0.25, -0.2) is 0 Å². The number of aliphatic hydroxyl groups is 1. The molecule has 1 N–H and O–H groups in total. The average Bonchev–Trinajstić information content (AvgIpc) is 2.54. The van der Waals surface area contributed by atoms with E-state index in [2.05, 4.69) is 6.58 Å². The number of nitrogens with zero attached hydrogens (tertiary/aromatic N) is 1. The Hall–Kier alpha value is -2.01. The second-order valence-electron chi connectivity index (χ2n) is 5.94. The van der Waals surface area contributed by atoms with E-state index in [1.54, 1.807) is 12.0 Å². The molecule has 118 valence electrons. The van der Waals surface area contributed by atoms with E-state index in [-0.39, 0.29) is 5.91 Å². The predicted octanol–water partition coefficient (Wildman–Crippen LogP) is 2.06. The Balaban J connectivity index is 1.80. The fourth-order valence-corrected chi connectivity index (χ4v) is 3.31. The second-order valence-corrected chi connectivity index (χ2v) is 5.94. The molecule has 2 aliphatic rings. The first-order chi connectivity index (χ1) is 10.6. The van der Waals surface area contributed by atoms with Gasteiger partial charge in [0.2, 0.25) is 5.91 Å². The van der Waals surface area contributed by atoms with E-state index in [1.165, 1.54) is 6.08 Å². The fraction of sp³-hybridized carbons (Fsp3) is 0.471. The molecule has 1 aromatic carbocycles. The van der Waals surface area contributed by atoms with Gasteiger partial charge >= 0.3 is 0 Å². The van der Waals surface area contributed by atoms with Crippen molar-refractivity contribution < 1.29 is 19.4 Å². The van der Waals surface area contributed by atoms with Gasteiger partial charge < -0.3 is 19.5 Å². The van der Waals surface area contributed by atoms with Crippen molar-refractivity contribution in [2.75, 3.05) is 20.2 Å². The van der Waals surface area contributed by atoms with Gasteiger partial charge in [-0.2, -0.15) is 0 Å². The smallest absolute Gasteiger partial charge is 0.245 e. The monoisotopic (exact) mass is 303 g/mol. The summed E-state index contributed by atoms with van der Waals surface area (Å²) in [5.41, 5.74) is 0.396. The molecular weight excluding hydrogens is 282 g/mol. The standard InChI is InChI=1S/C17H21NO4/c1-3-16(20)18-8-6-17(7-9-18)11-14(19)13-5-4-12(21-2)10-15(13)22-17/h3-5,10,14,19H,1,6-9,11H2,2H3. The van der Waals surface area contributed by atoms with Crippen molar-refractivity contribution in [1.82, 2.24) is 4.90 Å². The number of hydrogen-bond donors (Lipinski definition) is 1. The summed E-state index contributed by atoms with van der Waals surface area (Å²) in [6.45, 7) is 4.77. The molecule has 1 unspecified atom stereocenters. The predicted molar refractivity (Wildman–Crippen MR) is 81.9 cm³/mol. The molecule has 0 aliphatic carbocycles. The highest BCUT2D eigenvalue weighted by atomic mass is 16.5. The van der Waals surface area contributed by atoms with Crippen molar-refractivity contribution in [2.24, 2.45) is 0 Å². The molecule has 5 nitrogen and oxygen atoms in total. The fourth-order valence-electron chi connectivity index (χ4n) is 3.31. The van der Waals surface area contributed by atoms with Crippen LogP contribution in [-0.4, -0.2) is 41.7 Å². The van der Waals surface area contributed by atoms with Gasteiger partial charge in [-0.3, -0.25) is 4.79 Å². The Bertz CT molecular complexity index is 590. The maximum Gasteiger partial charge on any atom is 0.245 e. The van der Waals surface area contributed by atoms with Crippen LogP contribution in [0.4, 0.5) is 0 Å². The molecule has 1 atom stereocenters. The number of carbonyl (C=O) groups excluding carboxylic acids is 1.